The molecule has 0 radical (unpaired) electrons. The fourth-order valence-electron chi connectivity index (χ4n) is 2.23. The molecule has 2 aromatic rings. The lowest BCUT2D eigenvalue weighted by Gasteiger charge is -2.12. The zero-order chi connectivity index (χ0) is 20.4. The summed E-state index contributed by atoms with van der Waals surface area (Å²) in [5, 5.41) is 3.84. The SMILES string of the molecule is C=CCOc1c(Br)cc(/C=N\NC(=O)[C@H](C)SCc2ccccc2)cc1OC. The summed E-state index contributed by atoms with van der Waals surface area (Å²) in [6.07, 6.45) is 3.23. The molecule has 0 aromatic heterocycles. The van der Waals surface area contributed by atoms with Crippen LogP contribution in [0.5, 0.6) is 11.5 Å². The molecule has 0 heterocycles. The maximum absolute atomic E-state index is 12.2. The number of halogens is 1. The van der Waals surface area contributed by atoms with Gasteiger partial charge in [-0.3, -0.25) is 4.79 Å². The van der Waals surface area contributed by atoms with E-state index in [4.69, 9.17) is 9.47 Å². The summed E-state index contributed by atoms with van der Waals surface area (Å²) >= 11 is 5.03. The van der Waals surface area contributed by atoms with Crippen LogP contribution in [0, 0.1) is 0 Å². The van der Waals surface area contributed by atoms with Crippen molar-refractivity contribution < 1.29 is 14.3 Å². The number of methoxy groups -OCH3 is 1. The van der Waals surface area contributed by atoms with Gasteiger partial charge in [0.05, 0.1) is 23.0 Å². The van der Waals surface area contributed by atoms with Crippen molar-refractivity contribution in [1.82, 2.24) is 5.43 Å². The second-order valence-electron chi connectivity index (χ2n) is 5.81. The summed E-state index contributed by atoms with van der Waals surface area (Å²) in [5.41, 5.74) is 4.53. The standard InChI is InChI=1S/C21H23BrN2O3S/c1-4-10-27-20-18(22)11-17(12-19(20)26-3)13-23-24-21(25)15(2)28-14-16-8-6-5-7-9-16/h4-9,11-13,15H,1,10,14H2,2-3H3,(H,24,25)/b23-13-/t15-/m0/s1. The van der Waals surface area contributed by atoms with Crippen LogP contribution in [0.4, 0.5) is 0 Å². The number of hydrogen-bond donors (Lipinski definition) is 1. The van der Waals surface area contributed by atoms with Crippen molar-refractivity contribution in [2.75, 3.05) is 13.7 Å². The number of benzene rings is 2. The number of rotatable bonds is 10. The van der Waals surface area contributed by atoms with Gasteiger partial charge in [-0.25, -0.2) is 5.43 Å². The highest BCUT2D eigenvalue weighted by molar-refractivity contribution is 9.10. The molecule has 0 bridgehead atoms. The molecule has 0 fully saturated rings. The normalized spacial score (nSPS) is 11.8. The van der Waals surface area contributed by atoms with E-state index in [1.54, 1.807) is 37.2 Å². The highest BCUT2D eigenvalue weighted by Crippen LogP contribution is 2.36. The lowest BCUT2D eigenvalue weighted by molar-refractivity contribution is -0.120. The first-order valence-corrected chi connectivity index (χ1v) is 10.5. The number of ether oxygens (including phenoxy) is 2. The number of hydrazone groups is 1. The average Bonchev–Trinajstić information content (AvgIpc) is 2.71. The fourth-order valence-corrected chi connectivity index (χ4v) is 3.64. The lowest BCUT2D eigenvalue weighted by atomic mass is 10.2. The van der Waals surface area contributed by atoms with Gasteiger partial charge in [0.15, 0.2) is 11.5 Å². The Bertz CT molecular complexity index is 828. The van der Waals surface area contributed by atoms with E-state index in [0.717, 1.165) is 15.8 Å². The predicted molar refractivity (Wildman–Crippen MR) is 119 cm³/mol. The molecule has 2 rings (SSSR count). The van der Waals surface area contributed by atoms with Crippen LogP contribution in [0.15, 0.2) is 64.7 Å². The minimum Gasteiger partial charge on any atom is -0.493 e. The van der Waals surface area contributed by atoms with Crippen LogP contribution < -0.4 is 14.9 Å². The minimum absolute atomic E-state index is 0.144. The number of carbonyl (C=O) groups is 1. The maximum atomic E-state index is 12.2. The number of carbonyl (C=O) groups excluding carboxylic acids is 1. The van der Waals surface area contributed by atoms with E-state index in [1.807, 2.05) is 43.3 Å². The van der Waals surface area contributed by atoms with Crippen molar-refractivity contribution in [3.05, 3.63) is 70.7 Å². The first-order valence-electron chi connectivity index (χ1n) is 8.64. The molecule has 0 aliphatic carbocycles. The molecule has 2 aromatic carbocycles. The number of nitrogens with zero attached hydrogens (tertiary/aromatic N) is 1. The molecule has 0 aliphatic rings. The maximum Gasteiger partial charge on any atom is 0.252 e. The summed E-state index contributed by atoms with van der Waals surface area (Å²) in [4.78, 5) is 12.2. The van der Waals surface area contributed by atoms with E-state index in [2.05, 4.69) is 33.0 Å². The molecule has 1 N–H and O–H groups in total. The summed E-state index contributed by atoms with van der Waals surface area (Å²) in [7, 11) is 1.57. The number of hydrogen-bond acceptors (Lipinski definition) is 5. The molecule has 0 saturated heterocycles. The Hall–Kier alpha value is -2.25. The third kappa shape index (κ3) is 6.73. The highest BCUT2D eigenvalue weighted by Gasteiger charge is 2.13. The van der Waals surface area contributed by atoms with E-state index in [0.29, 0.717) is 18.1 Å². The van der Waals surface area contributed by atoms with E-state index in [-0.39, 0.29) is 11.2 Å². The fraction of sp³-hybridized carbons (Fsp3) is 0.238. The van der Waals surface area contributed by atoms with Crippen molar-refractivity contribution in [1.29, 1.82) is 0 Å². The minimum atomic E-state index is -0.215. The van der Waals surface area contributed by atoms with Crippen molar-refractivity contribution in [2.24, 2.45) is 5.10 Å². The number of nitrogens with one attached hydrogen (secondary N) is 1. The monoisotopic (exact) mass is 462 g/mol. The molecule has 1 amide bonds. The Balaban J connectivity index is 1.92. The zero-order valence-corrected chi connectivity index (χ0v) is 18.3. The van der Waals surface area contributed by atoms with Gasteiger partial charge < -0.3 is 9.47 Å². The van der Waals surface area contributed by atoms with E-state index in [1.165, 1.54) is 5.56 Å². The molecule has 0 saturated carbocycles. The van der Waals surface area contributed by atoms with Gasteiger partial charge in [-0.2, -0.15) is 5.10 Å². The van der Waals surface area contributed by atoms with Gasteiger partial charge in [0.2, 0.25) is 0 Å². The van der Waals surface area contributed by atoms with Crippen molar-refractivity contribution in [3.8, 4) is 11.5 Å². The molecule has 1 atom stereocenters. The number of amides is 1. The van der Waals surface area contributed by atoms with Gasteiger partial charge in [0, 0.05) is 5.75 Å². The van der Waals surface area contributed by atoms with Crippen LogP contribution in [0.2, 0.25) is 0 Å². The third-order valence-electron chi connectivity index (χ3n) is 3.70. The van der Waals surface area contributed by atoms with Crippen molar-refractivity contribution in [3.63, 3.8) is 0 Å². The third-order valence-corrected chi connectivity index (χ3v) is 5.50. The van der Waals surface area contributed by atoms with Crippen LogP contribution in [0.3, 0.4) is 0 Å². The van der Waals surface area contributed by atoms with Gasteiger partial charge in [-0.15, -0.1) is 11.8 Å². The smallest absolute Gasteiger partial charge is 0.252 e. The molecule has 28 heavy (non-hydrogen) atoms. The molecular formula is C21H23BrN2O3S. The Kier molecular flexibility index (Phi) is 9.10. The molecule has 5 nitrogen and oxygen atoms in total. The van der Waals surface area contributed by atoms with Gasteiger partial charge in [0.25, 0.3) is 5.91 Å². The molecule has 0 aliphatic heterocycles. The van der Waals surface area contributed by atoms with Crippen LogP contribution in [0.25, 0.3) is 0 Å². The molecule has 0 unspecified atom stereocenters. The van der Waals surface area contributed by atoms with Crippen LogP contribution in [-0.4, -0.2) is 31.1 Å². The largest absolute Gasteiger partial charge is 0.493 e. The Morgan fingerprint density at radius 1 is 1.36 bits per heavy atom. The Labute approximate surface area is 178 Å². The average molecular weight is 463 g/mol. The number of thioether (sulfide) groups is 1. The molecule has 0 spiro atoms. The van der Waals surface area contributed by atoms with Gasteiger partial charge in [-0.1, -0.05) is 43.0 Å². The highest BCUT2D eigenvalue weighted by atomic mass is 79.9. The van der Waals surface area contributed by atoms with Crippen LogP contribution in [0.1, 0.15) is 18.1 Å². The second-order valence-corrected chi connectivity index (χ2v) is 7.99. The van der Waals surface area contributed by atoms with Crippen LogP contribution in [-0.2, 0) is 10.5 Å². The van der Waals surface area contributed by atoms with E-state index in [9.17, 15) is 4.79 Å². The molecular weight excluding hydrogens is 440 g/mol. The van der Waals surface area contributed by atoms with Gasteiger partial charge in [0.1, 0.15) is 6.61 Å². The predicted octanol–water partition coefficient (Wildman–Crippen LogP) is 4.79. The zero-order valence-electron chi connectivity index (χ0n) is 15.9. The van der Waals surface area contributed by atoms with E-state index >= 15 is 0 Å². The van der Waals surface area contributed by atoms with Gasteiger partial charge >= 0.3 is 0 Å². The van der Waals surface area contributed by atoms with Crippen molar-refractivity contribution in [2.45, 2.75) is 17.9 Å². The Morgan fingerprint density at radius 2 is 2.11 bits per heavy atom. The first kappa shape index (κ1) is 22.0. The summed E-state index contributed by atoms with van der Waals surface area (Å²) < 4.78 is 11.7. The summed E-state index contributed by atoms with van der Waals surface area (Å²) in [6, 6.07) is 13.7. The quantitative estimate of drug-likeness (QED) is 0.313. The molecule has 148 valence electrons. The summed E-state index contributed by atoms with van der Waals surface area (Å²) in [6.45, 7) is 5.87. The topological polar surface area (TPSA) is 59.9 Å². The van der Waals surface area contributed by atoms with E-state index < -0.39 is 0 Å². The Morgan fingerprint density at radius 3 is 2.79 bits per heavy atom. The first-order chi connectivity index (χ1) is 13.5. The molecule has 7 heteroatoms. The van der Waals surface area contributed by atoms with Gasteiger partial charge in [-0.05, 0) is 46.1 Å². The van der Waals surface area contributed by atoms with Crippen LogP contribution >= 0.6 is 27.7 Å². The van der Waals surface area contributed by atoms with Crippen molar-refractivity contribution >= 4 is 39.8 Å². The second kappa shape index (κ2) is 11.6. The lowest BCUT2D eigenvalue weighted by Crippen LogP contribution is -2.27. The summed E-state index contributed by atoms with van der Waals surface area (Å²) in [5.74, 6) is 1.79.